The van der Waals surface area contributed by atoms with Crippen LogP contribution < -0.4 is 5.32 Å². The summed E-state index contributed by atoms with van der Waals surface area (Å²) in [5.74, 6) is 2.38. The molecule has 1 unspecified atom stereocenters. The topological polar surface area (TPSA) is 46.9 Å². The molecule has 2 aromatic rings. The third-order valence-electron chi connectivity index (χ3n) is 3.06. The van der Waals surface area contributed by atoms with Crippen LogP contribution in [0.3, 0.4) is 0 Å². The van der Waals surface area contributed by atoms with E-state index >= 15 is 0 Å². The molecule has 1 aromatic carbocycles. The molecular weight excluding hydrogens is 238 g/mol. The van der Waals surface area contributed by atoms with Crippen LogP contribution in [0.15, 0.2) is 24.3 Å². The van der Waals surface area contributed by atoms with Crippen molar-refractivity contribution in [3.8, 4) is 12.3 Å². The van der Waals surface area contributed by atoms with Crippen molar-refractivity contribution in [3.63, 3.8) is 0 Å². The number of para-hydroxylation sites is 1. The lowest BCUT2D eigenvalue weighted by atomic mass is 10.1. The molecule has 1 atom stereocenters. The highest BCUT2D eigenvalue weighted by atomic mass is 16.2. The molecule has 0 saturated heterocycles. The van der Waals surface area contributed by atoms with Crippen molar-refractivity contribution in [3.05, 3.63) is 30.0 Å². The molecule has 2 rings (SSSR count). The van der Waals surface area contributed by atoms with Crippen molar-refractivity contribution in [1.82, 2.24) is 15.1 Å². The van der Waals surface area contributed by atoms with Crippen LogP contribution >= 0.6 is 0 Å². The smallest absolute Gasteiger partial charge is 0.273 e. The minimum Gasteiger partial charge on any atom is -0.337 e. The number of carbonyl (C=O) groups excluding carboxylic acids is 1. The van der Waals surface area contributed by atoms with Crippen molar-refractivity contribution in [2.24, 2.45) is 7.05 Å². The summed E-state index contributed by atoms with van der Waals surface area (Å²) in [6.45, 7) is 2.03. The maximum Gasteiger partial charge on any atom is 0.273 e. The quantitative estimate of drug-likeness (QED) is 0.850. The second-order valence-corrected chi connectivity index (χ2v) is 4.47. The van der Waals surface area contributed by atoms with Gasteiger partial charge in [0.2, 0.25) is 0 Å². The molecule has 1 N–H and O–H groups in total. The largest absolute Gasteiger partial charge is 0.337 e. The van der Waals surface area contributed by atoms with Crippen LogP contribution in [0.1, 0.15) is 30.3 Å². The lowest BCUT2D eigenvalue weighted by molar-refractivity contribution is 0.0940. The Morgan fingerprint density at radius 2 is 2.26 bits per heavy atom. The molecule has 0 radical (unpaired) electrons. The minimum atomic E-state index is -0.238. The maximum absolute atomic E-state index is 12.2. The predicted molar refractivity (Wildman–Crippen MR) is 75.7 cm³/mol. The number of fused-ring (bicyclic) bond motifs is 1. The summed E-state index contributed by atoms with van der Waals surface area (Å²) in [6.07, 6.45) is 7.11. The molecule has 4 nitrogen and oxygen atoms in total. The molecule has 0 spiro atoms. The highest BCUT2D eigenvalue weighted by Gasteiger charge is 2.17. The number of carbonyl (C=O) groups is 1. The number of aryl methyl sites for hydroxylation is 1. The van der Waals surface area contributed by atoms with Crippen LogP contribution in [0.25, 0.3) is 10.9 Å². The van der Waals surface area contributed by atoms with Gasteiger partial charge in [-0.2, -0.15) is 5.10 Å². The van der Waals surface area contributed by atoms with E-state index in [2.05, 4.69) is 16.3 Å². The Labute approximate surface area is 112 Å². The highest BCUT2D eigenvalue weighted by Crippen LogP contribution is 2.17. The van der Waals surface area contributed by atoms with Crippen LogP contribution in [-0.4, -0.2) is 21.7 Å². The first-order chi connectivity index (χ1) is 9.17. The maximum atomic E-state index is 12.2. The van der Waals surface area contributed by atoms with Gasteiger partial charge in [0.1, 0.15) is 0 Å². The lowest BCUT2D eigenvalue weighted by Gasteiger charge is -2.10. The Balaban J connectivity index is 2.30. The van der Waals surface area contributed by atoms with E-state index in [-0.39, 0.29) is 11.9 Å². The van der Waals surface area contributed by atoms with Gasteiger partial charge in [0.25, 0.3) is 5.91 Å². The number of hydrogen-bond donors (Lipinski definition) is 1. The van der Waals surface area contributed by atoms with Gasteiger partial charge in [-0.1, -0.05) is 37.5 Å². The second-order valence-electron chi connectivity index (χ2n) is 4.47. The Morgan fingerprint density at radius 3 is 2.95 bits per heavy atom. The van der Waals surface area contributed by atoms with E-state index in [1.165, 1.54) is 0 Å². The first-order valence-corrected chi connectivity index (χ1v) is 6.36. The monoisotopic (exact) mass is 255 g/mol. The van der Waals surface area contributed by atoms with Gasteiger partial charge < -0.3 is 5.32 Å². The summed E-state index contributed by atoms with van der Waals surface area (Å²) in [5, 5.41) is 7.95. The summed E-state index contributed by atoms with van der Waals surface area (Å²) in [6, 6.07) is 7.41. The zero-order valence-corrected chi connectivity index (χ0v) is 11.2. The minimum absolute atomic E-state index is 0.215. The molecule has 1 heterocycles. The number of terminal acetylenes is 1. The molecule has 0 fully saturated rings. The number of nitrogens with zero attached hydrogens (tertiary/aromatic N) is 2. The van der Waals surface area contributed by atoms with Crippen LogP contribution in [0.4, 0.5) is 0 Å². The van der Waals surface area contributed by atoms with Crippen LogP contribution in [0, 0.1) is 12.3 Å². The van der Waals surface area contributed by atoms with Gasteiger partial charge in [0, 0.05) is 12.4 Å². The molecule has 0 bridgehead atoms. The summed E-state index contributed by atoms with van der Waals surface area (Å²) in [7, 11) is 1.82. The van der Waals surface area contributed by atoms with E-state index in [9.17, 15) is 4.79 Å². The van der Waals surface area contributed by atoms with Gasteiger partial charge in [-0.25, -0.2) is 0 Å². The SMILES string of the molecule is C#CC(CCC)NC(=O)c1nn(C)c2ccccc12. The van der Waals surface area contributed by atoms with Crippen LogP contribution in [0.5, 0.6) is 0 Å². The average molecular weight is 255 g/mol. The Morgan fingerprint density at radius 1 is 1.53 bits per heavy atom. The lowest BCUT2D eigenvalue weighted by Crippen LogP contribution is -2.34. The second kappa shape index (κ2) is 5.57. The Kier molecular flexibility index (Phi) is 3.86. The van der Waals surface area contributed by atoms with Gasteiger partial charge >= 0.3 is 0 Å². The average Bonchev–Trinajstić information content (AvgIpc) is 2.76. The summed E-state index contributed by atoms with van der Waals surface area (Å²) in [4.78, 5) is 12.2. The fourth-order valence-corrected chi connectivity index (χ4v) is 2.09. The molecule has 0 aliphatic rings. The van der Waals surface area contributed by atoms with Gasteiger partial charge in [0.05, 0.1) is 11.6 Å². The number of benzene rings is 1. The molecule has 19 heavy (non-hydrogen) atoms. The molecule has 0 saturated carbocycles. The molecule has 1 aromatic heterocycles. The van der Waals surface area contributed by atoms with Gasteiger partial charge in [0.15, 0.2) is 5.69 Å². The zero-order chi connectivity index (χ0) is 13.8. The molecular formula is C15H17N3O. The standard InChI is InChI=1S/C15H17N3O/c1-4-8-11(5-2)16-15(19)14-12-9-6-7-10-13(12)18(3)17-14/h2,6-7,9-11H,4,8H2,1,3H3,(H,16,19). The fourth-order valence-electron chi connectivity index (χ4n) is 2.09. The Hall–Kier alpha value is -2.28. The molecule has 1 amide bonds. The highest BCUT2D eigenvalue weighted by molar-refractivity contribution is 6.05. The van der Waals surface area contributed by atoms with Crippen molar-refractivity contribution in [1.29, 1.82) is 0 Å². The van der Waals surface area contributed by atoms with E-state index in [0.717, 1.165) is 23.7 Å². The summed E-state index contributed by atoms with van der Waals surface area (Å²) in [5.41, 5.74) is 1.36. The van der Waals surface area contributed by atoms with Crippen LogP contribution in [0.2, 0.25) is 0 Å². The predicted octanol–water partition coefficient (Wildman–Crippen LogP) is 2.10. The third kappa shape index (κ3) is 2.60. The number of nitrogens with one attached hydrogen (secondary N) is 1. The van der Waals surface area contributed by atoms with E-state index in [1.54, 1.807) is 4.68 Å². The van der Waals surface area contributed by atoms with E-state index in [0.29, 0.717) is 5.69 Å². The molecule has 0 aliphatic carbocycles. The van der Waals surface area contributed by atoms with Crippen molar-refractivity contribution >= 4 is 16.8 Å². The first-order valence-electron chi connectivity index (χ1n) is 6.36. The van der Waals surface area contributed by atoms with Gasteiger partial charge in [-0.3, -0.25) is 9.48 Å². The van der Waals surface area contributed by atoms with Gasteiger partial charge in [-0.15, -0.1) is 6.42 Å². The Bertz CT molecular complexity index is 636. The fraction of sp³-hybridized carbons (Fsp3) is 0.333. The molecule has 0 aliphatic heterocycles. The van der Waals surface area contributed by atoms with Crippen LogP contribution in [-0.2, 0) is 7.05 Å². The third-order valence-corrected chi connectivity index (χ3v) is 3.06. The van der Waals surface area contributed by atoms with Gasteiger partial charge in [-0.05, 0) is 12.5 Å². The van der Waals surface area contributed by atoms with Crippen molar-refractivity contribution in [2.45, 2.75) is 25.8 Å². The zero-order valence-electron chi connectivity index (χ0n) is 11.2. The molecule has 98 valence electrons. The van der Waals surface area contributed by atoms with E-state index < -0.39 is 0 Å². The van der Waals surface area contributed by atoms with Crippen molar-refractivity contribution in [2.75, 3.05) is 0 Å². The summed E-state index contributed by atoms with van der Waals surface area (Å²) >= 11 is 0. The molecule has 4 heteroatoms. The van der Waals surface area contributed by atoms with E-state index in [1.807, 2.05) is 38.2 Å². The number of rotatable bonds is 4. The van der Waals surface area contributed by atoms with E-state index in [4.69, 9.17) is 6.42 Å². The number of aromatic nitrogens is 2. The first kappa shape index (κ1) is 13.2. The number of amides is 1. The summed E-state index contributed by atoms with van der Waals surface area (Å²) < 4.78 is 1.70. The van der Waals surface area contributed by atoms with Crippen molar-refractivity contribution < 1.29 is 4.79 Å². The number of hydrogen-bond acceptors (Lipinski definition) is 2. The normalized spacial score (nSPS) is 12.1.